The smallest absolute Gasteiger partial charge is 0.176 e. The zero-order valence-electron chi connectivity index (χ0n) is 10.7. The Morgan fingerprint density at radius 3 is 2.50 bits per heavy atom. The Labute approximate surface area is 116 Å². The average molecular weight is 267 g/mol. The Kier molecular flexibility index (Phi) is 4.20. The van der Waals surface area contributed by atoms with Crippen molar-refractivity contribution in [2.24, 2.45) is 11.7 Å². The first-order chi connectivity index (χ1) is 9.67. The largest absolute Gasteiger partial charge is 0.324 e. The summed E-state index contributed by atoms with van der Waals surface area (Å²) >= 11 is 0. The Balaban J connectivity index is 2.31. The Bertz CT molecular complexity index is 650. The minimum atomic E-state index is -0.704. The Morgan fingerprint density at radius 1 is 1.20 bits per heavy atom. The molecule has 0 heterocycles. The van der Waals surface area contributed by atoms with Crippen molar-refractivity contribution in [1.29, 1.82) is 0 Å². The van der Waals surface area contributed by atoms with E-state index < -0.39 is 5.92 Å². The number of hydrogen-bond donors (Lipinski definition) is 1. The summed E-state index contributed by atoms with van der Waals surface area (Å²) in [5.41, 5.74) is 6.26. The first-order valence-corrected chi connectivity index (χ1v) is 6.14. The van der Waals surface area contributed by atoms with E-state index in [1.54, 1.807) is 36.3 Å². The van der Waals surface area contributed by atoms with E-state index in [4.69, 9.17) is 5.73 Å². The number of benzene rings is 1. The van der Waals surface area contributed by atoms with Crippen molar-refractivity contribution < 1.29 is 14.4 Å². The van der Waals surface area contributed by atoms with E-state index in [1.807, 2.05) is 6.07 Å². The molecule has 0 radical (unpaired) electrons. The second kappa shape index (κ2) is 6.06. The van der Waals surface area contributed by atoms with Gasteiger partial charge >= 0.3 is 0 Å². The van der Waals surface area contributed by atoms with Crippen molar-refractivity contribution in [3.05, 3.63) is 65.3 Å². The van der Waals surface area contributed by atoms with Gasteiger partial charge < -0.3 is 5.73 Å². The van der Waals surface area contributed by atoms with Crippen LogP contribution in [0.2, 0.25) is 0 Å². The maximum Gasteiger partial charge on any atom is 0.176 e. The maximum absolute atomic E-state index is 12.3. The third-order valence-electron chi connectivity index (χ3n) is 3.08. The molecule has 0 saturated carbocycles. The van der Waals surface area contributed by atoms with E-state index in [2.05, 4.69) is 0 Å². The molecule has 1 aliphatic carbocycles. The van der Waals surface area contributed by atoms with Gasteiger partial charge in [-0.05, 0) is 6.08 Å². The van der Waals surface area contributed by atoms with Gasteiger partial charge in [-0.25, -0.2) is 4.79 Å². The van der Waals surface area contributed by atoms with Gasteiger partial charge in [-0.3, -0.25) is 9.59 Å². The molecule has 0 fully saturated rings. The van der Waals surface area contributed by atoms with Crippen molar-refractivity contribution in [3.8, 4) is 0 Å². The molecule has 2 N–H and O–H groups in total. The number of hydrogen-bond acceptors (Lipinski definition) is 4. The highest BCUT2D eigenvalue weighted by Gasteiger charge is 2.25. The quantitative estimate of drug-likeness (QED) is 0.658. The van der Waals surface area contributed by atoms with Crippen LogP contribution in [0.3, 0.4) is 0 Å². The van der Waals surface area contributed by atoms with Gasteiger partial charge in [0.25, 0.3) is 0 Å². The summed E-state index contributed by atoms with van der Waals surface area (Å²) in [6.45, 7) is -0.139. The minimum absolute atomic E-state index is 0.139. The second-order valence-electron chi connectivity index (χ2n) is 4.35. The van der Waals surface area contributed by atoms with Crippen LogP contribution in [-0.2, 0) is 9.59 Å². The fourth-order valence-electron chi connectivity index (χ4n) is 2.00. The van der Waals surface area contributed by atoms with Gasteiger partial charge in [0.1, 0.15) is 5.94 Å². The monoisotopic (exact) mass is 267 g/mol. The summed E-state index contributed by atoms with van der Waals surface area (Å²) in [7, 11) is 0. The van der Waals surface area contributed by atoms with Crippen molar-refractivity contribution >= 4 is 17.5 Å². The highest BCUT2D eigenvalue weighted by atomic mass is 16.1. The normalized spacial score (nSPS) is 17.4. The van der Waals surface area contributed by atoms with E-state index in [9.17, 15) is 14.4 Å². The summed E-state index contributed by atoms with van der Waals surface area (Å²) < 4.78 is 0. The van der Waals surface area contributed by atoms with Gasteiger partial charge in [-0.2, -0.15) is 0 Å². The van der Waals surface area contributed by atoms with Crippen LogP contribution in [-0.4, -0.2) is 24.1 Å². The minimum Gasteiger partial charge on any atom is -0.324 e. The van der Waals surface area contributed by atoms with Crippen molar-refractivity contribution in [2.45, 2.75) is 0 Å². The number of ketones is 2. The summed E-state index contributed by atoms with van der Waals surface area (Å²) in [6.07, 6.45) is 4.45. The predicted molar refractivity (Wildman–Crippen MR) is 74.8 cm³/mol. The highest BCUT2D eigenvalue weighted by Crippen LogP contribution is 2.24. The van der Waals surface area contributed by atoms with Gasteiger partial charge in [-0.15, -0.1) is 0 Å². The predicted octanol–water partition coefficient (Wildman–Crippen LogP) is 1.27. The summed E-state index contributed by atoms with van der Waals surface area (Å²) in [5.74, 6) is 0.558. The molecular formula is C16H13NO3. The first kappa shape index (κ1) is 13.9. The lowest BCUT2D eigenvalue weighted by Crippen LogP contribution is -2.21. The molecule has 1 aliphatic rings. The van der Waals surface area contributed by atoms with E-state index in [0.29, 0.717) is 11.1 Å². The molecule has 0 saturated heterocycles. The SMILES string of the molecule is NCC(=O)C1=CC(=C=O)C(C(=O)c2ccccc2)C=C1. The topological polar surface area (TPSA) is 77.2 Å². The number of Topliss-reactive ketones (excluding diaryl/α,β-unsaturated/α-hetero) is 2. The van der Waals surface area contributed by atoms with E-state index in [1.165, 1.54) is 12.2 Å². The third kappa shape index (κ3) is 2.72. The van der Waals surface area contributed by atoms with E-state index >= 15 is 0 Å². The van der Waals surface area contributed by atoms with Crippen molar-refractivity contribution in [2.75, 3.05) is 6.54 Å². The van der Waals surface area contributed by atoms with Crippen LogP contribution in [0.5, 0.6) is 0 Å². The van der Waals surface area contributed by atoms with Gasteiger partial charge in [0, 0.05) is 11.1 Å². The molecule has 100 valence electrons. The van der Waals surface area contributed by atoms with Crippen LogP contribution in [0.4, 0.5) is 0 Å². The van der Waals surface area contributed by atoms with Crippen LogP contribution in [0.15, 0.2) is 59.7 Å². The molecule has 1 unspecified atom stereocenters. The molecule has 1 aromatic rings. The number of rotatable bonds is 4. The molecule has 0 bridgehead atoms. The van der Waals surface area contributed by atoms with Gasteiger partial charge in [0.2, 0.25) is 0 Å². The maximum atomic E-state index is 12.3. The number of nitrogens with two attached hydrogens (primary N) is 1. The molecular weight excluding hydrogens is 254 g/mol. The third-order valence-corrected chi connectivity index (χ3v) is 3.08. The van der Waals surface area contributed by atoms with Crippen LogP contribution in [0.1, 0.15) is 10.4 Å². The van der Waals surface area contributed by atoms with Crippen LogP contribution in [0, 0.1) is 5.92 Å². The lowest BCUT2D eigenvalue weighted by Gasteiger charge is -2.15. The zero-order valence-corrected chi connectivity index (χ0v) is 10.7. The standard InChI is InChI=1S/C16H13NO3/c17-9-15(19)12-6-7-14(13(8-12)10-18)16(20)11-4-2-1-3-5-11/h1-8,14H,9,17H2. The lowest BCUT2D eigenvalue weighted by atomic mass is 9.85. The molecule has 1 atom stereocenters. The zero-order chi connectivity index (χ0) is 14.5. The van der Waals surface area contributed by atoms with Crippen LogP contribution < -0.4 is 5.73 Å². The summed E-state index contributed by atoms with van der Waals surface area (Å²) in [6, 6.07) is 8.68. The number of allylic oxidation sites excluding steroid dienone is 4. The molecule has 1 aromatic carbocycles. The second-order valence-corrected chi connectivity index (χ2v) is 4.35. The number of carbonyl (C=O) groups is 2. The molecule has 0 aromatic heterocycles. The molecule has 0 amide bonds. The van der Waals surface area contributed by atoms with Crippen molar-refractivity contribution in [3.63, 3.8) is 0 Å². The lowest BCUT2D eigenvalue weighted by molar-refractivity contribution is -0.114. The van der Waals surface area contributed by atoms with E-state index in [0.717, 1.165) is 0 Å². The van der Waals surface area contributed by atoms with Crippen LogP contribution >= 0.6 is 0 Å². The fourth-order valence-corrected chi connectivity index (χ4v) is 2.00. The van der Waals surface area contributed by atoms with Crippen LogP contribution in [0.25, 0.3) is 0 Å². The fraction of sp³-hybridized carbons (Fsp3) is 0.125. The van der Waals surface area contributed by atoms with E-state index in [-0.39, 0.29) is 23.7 Å². The Morgan fingerprint density at radius 2 is 1.90 bits per heavy atom. The first-order valence-electron chi connectivity index (χ1n) is 6.14. The summed E-state index contributed by atoms with van der Waals surface area (Å²) in [4.78, 5) is 34.9. The van der Waals surface area contributed by atoms with Gasteiger partial charge in [-0.1, -0.05) is 42.5 Å². The molecule has 0 aliphatic heterocycles. The van der Waals surface area contributed by atoms with Gasteiger partial charge in [0.15, 0.2) is 11.6 Å². The Hall–Kier alpha value is -2.55. The highest BCUT2D eigenvalue weighted by molar-refractivity contribution is 6.05. The molecule has 4 nitrogen and oxygen atoms in total. The molecule has 4 heteroatoms. The molecule has 20 heavy (non-hydrogen) atoms. The van der Waals surface area contributed by atoms with Gasteiger partial charge in [0.05, 0.1) is 18.0 Å². The summed E-state index contributed by atoms with van der Waals surface area (Å²) in [5, 5.41) is 0. The van der Waals surface area contributed by atoms with Crippen molar-refractivity contribution in [1.82, 2.24) is 0 Å². The molecule has 0 spiro atoms. The molecule has 2 rings (SSSR count). The average Bonchev–Trinajstić information content (AvgIpc) is 2.53. The number of carbonyl (C=O) groups excluding carboxylic acids is 3.